The van der Waals surface area contributed by atoms with E-state index in [1.807, 2.05) is 12.1 Å². The van der Waals surface area contributed by atoms with E-state index in [-0.39, 0.29) is 23.4 Å². The summed E-state index contributed by atoms with van der Waals surface area (Å²) in [4.78, 5) is 25.6. The van der Waals surface area contributed by atoms with Gasteiger partial charge in [0.2, 0.25) is 11.9 Å². The summed E-state index contributed by atoms with van der Waals surface area (Å²) in [6.45, 7) is 5.67. The summed E-state index contributed by atoms with van der Waals surface area (Å²) in [7, 11) is 0. The van der Waals surface area contributed by atoms with Gasteiger partial charge in [-0.1, -0.05) is 26.2 Å². The van der Waals surface area contributed by atoms with Gasteiger partial charge in [-0.05, 0) is 44.9 Å². The molecule has 1 fully saturated rings. The van der Waals surface area contributed by atoms with Crippen LogP contribution >= 0.6 is 0 Å². The first-order valence-electron chi connectivity index (χ1n) is 10.2. The topological polar surface area (TPSA) is 118 Å². The number of piperidine rings is 1. The number of hydrogen-bond acceptors (Lipinski definition) is 7. The van der Waals surface area contributed by atoms with E-state index in [0.29, 0.717) is 23.4 Å². The molecule has 0 saturated carbocycles. The van der Waals surface area contributed by atoms with Crippen molar-refractivity contribution in [1.82, 2.24) is 25.6 Å². The molecule has 1 aliphatic rings. The zero-order valence-electron chi connectivity index (χ0n) is 16.8. The summed E-state index contributed by atoms with van der Waals surface area (Å²) in [5, 5.41) is 9.93. The Balaban J connectivity index is 1.76. The number of carbonyl (C=O) groups excluding carboxylic acids is 1. The van der Waals surface area contributed by atoms with Crippen LogP contribution in [0.25, 0.3) is 11.0 Å². The lowest BCUT2D eigenvalue weighted by Crippen LogP contribution is -2.52. The maximum absolute atomic E-state index is 12.6. The second-order valence-electron chi connectivity index (χ2n) is 7.81. The van der Waals surface area contributed by atoms with Gasteiger partial charge in [0, 0.05) is 12.7 Å². The number of unbranched alkanes of at least 4 members (excludes halogenated alkanes) is 1. The fraction of sp³-hybridized carbons (Fsp3) is 0.600. The van der Waals surface area contributed by atoms with Gasteiger partial charge < -0.3 is 21.7 Å². The molecule has 152 valence electrons. The third-order valence-electron chi connectivity index (χ3n) is 5.25. The highest BCUT2D eigenvalue weighted by atomic mass is 16.2. The Morgan fingerprint density at radius 1 is 1.39 bits per heavy atom. The van der Waals surface area contributed by atoms with Crippen molar-refractivity contribution in [2.24, 2.45) is 0 Å². The summed E-state index contributed by atoms with van der Waals surface area (Å²) >= 11 is 0. The first-order chi connectivity index (χ1) is 13.5. The summed E-state index contributed by atoms with van der Waals surface area (Å²) in [5.74, 6) is 0.873. The first-order valence-corrected chi connectivity index (χ1v) is 10.2. The minimum absolute atomic E-state index is 0.0643. The van der Waals surface area contributed by atoms with Crippen LogP contribution in [0.2, 0.25) is 0 Å². The zero-order valence-corrected chi connectivity index (χ0v) is 16.8. The Bertz CT molecular complexity index is 806. The second kappa shape index (κ2) is 9.14. The molecule has 0 radical (unpaired) electrons. The van der Waals surface area contributed by atoms with Gasteiger partial charge >= 0.3 is 0 Å². The van der Waals surface area contributed by atoms with Crippen LogP contribution in [0.15, 0.2) is 18.3 Å². The Hall–Kier alpha value is -2.48. The van der Waals surface area contributed by atoms with Crippen LogP contribution in [0.5, 0.6) is 0 Å². The minimum Gasteiger partial charge on any atom is -0.368 e. The van der Waals surface area contributed by atoms with Gasteiger partial charge in [-0.15, -0.1) is 0 Å². The third-order valence-corrected chi connectivity index (χ3v) is 5.25. The highest BCUT2D eigenvalue weighted by Crippen LogP contribution is 2.25. The van der Waals surface area contributed by atoms with Gasteiger partial charge in [0.25, 0.3) is 0 Å². The van der Waals surface area contributed by atoms with Crippen molar-refractivity contribution >= 4 is 28.7 Å². The predicted molar refractivity (Wildman–Crippen MR) is 112 cm³/mol. The average Bonchev–Trinajstić information content (AvgIpc) is 2.71. The molecule has 0 aliphatic carbocycles. The van der Waals surface area contributed by atoms with Crippen LogP contribution in [0.3, 0.4) is 0 Å². The number of nitrogens with two attached hydrogens (primary N) is 1. The van der Waals surface area contributed by atoms with Gasteiger partial charge in [0.05, 0.1) is 17.1 Å². The van der Waals surface area contributed by atoms with Crippen LogP contribution in [0.4, 0.5) is 11.8 Å². The zero-order chi connectivity index (χ0) is 20.0. The molecule has 28 heavy (non-hydrogen) atoms. The van der Waals surface area contributed by atoms with E-state index in [9.17, 15) is 4.79 Å². The smallest absolute Gasteiger partial charge is 0.237 e. The van der Waals surface area contributed by atoms with E-state index in [4.69, 9.17) is 5.73 Å². The van der Waals surface area contributed by atoms with Crippen molar-refractivity contribution in [2.45, 2.75) is 64.0 Å². The highest BCUT2D eigenvalue weighted by molar-refractivity contribution is 5.86. The molecule has 1 saturated heterocycles. The predicted octanol–water partition coefficient (Wildman–Crippen LogP) is 2.23. The van der Waals surface area contributed by atoms with Crippen molar-refractivity contribution < 1.29 is 4.79 Å². The van der Waals surface area contributed by atoms with Crippen molar-refractivity contribution in [2.75, 3.05) is 24.1 Å². The van der Waals surface area contributed by atoms with Crippen LogP contribution in [-0.4, -0.2) is 45.5 Å². The van der Waals surface area contributed by atoms with E-state index >= 15 is 0 Å². The standard InChI is InChI=1S/C20H31N7O/c1-3-4-10-20(2,13-24-18(28)15-8-5-6-11-22-15)27-17-16-14(9-7-12-23-16)25-19(21)26-17/h7,9,12,15,22H,3-6,8,10-11,13H2,1-2H3,(H,24,28)(H3,21,25,26,27)/t15-,20-/m0/s1. The van der Waals surface area contributed by atoms with Crippen molar-refractivity contribution in [3.8, 4) is 0 Å². The molecule has 0 aromatic carbocycles. The SMILES string of the molecule is CCCC[C@@](C)(CNC(=O)[C@@H]1CCCCN1)Nc1nc(N)nc2cccnc12. The summed E-state index contributed by atoms with van der Waals surface area (Å²) in [5.41, 5.74) is 6.91. The molecule has 8 heteroatoms. The maximum Gasteiger partial charge on any atom is 0.237 e. The number of anilines is 2. The molecule has 0 spiro atoms. The van der Waals surface area contributed by atoms with Crippen LogP contribution in [0, 0.1) is 0 Å². The average molecular weight is 386 g/mol. The van der Waals surface area contributed by atoms with E-state index < -0.39 is 0 Å². The fourth-order valence-corrected chi connectivity index (χ4v) is 3.60. The van der Waals surface area contributed by atoms with E-state index in [2.05, 4.69) is 44.7 Å². The number of carbonyl (C=O) groups is 1. The van der Waals surface area contributed by atoms with Gasteiger partial charge in [0.15, 0.2) is 5.82 Å². The summed E-state index contributed by atoms with van der Waals surface area (Å²) in [6, 6.07) is 3.60. The van der Waals surface area contributed by atoms with Gasteiger partial charge in [-0.25, -0.2) is 4.98 Å². The number of rotatable bonds is 8. The Kier molecular flexibility index (Phi) is 6.61. The van der Waals surface area contributed by atoms with E-state index in [1.54, 1.807) is 6.20 Å². The quantitative estimate of drug-likeness (QED) is 0.550. The Morgan fingerprint density at radius 2 is 2.25 bits per heavy atom. The number of pyridine rings is 1. The van der Waals surface area contributed by atoms with E-state index in [0.717, 1.165) is 45.1 Å². The van der Waals surface area contributed by atoms with Crippen LogP contribution in [-0.2, 0) is 4.79 Å². The fourth-order valence-electron chi connectivity index (χ4n) is 3.60. The molecule has 3 heterocycles. The molecule has 8 nitrogen and oxygen atoms in total. The van der Waals surface area contributed by atoms with Gasteiger partial charge in [-0.3, -0.25) is 9.78 Å². The van der Waals surface area contributed by atoms with Crippen molar-refractivity contribution in [3.05, 3.63) is 18.3 Å². The number of hydrogen-bond donors (Lipinski definition) is 4. The molecular formula is C20H31N7O. The minimum atomic E-state index is -0.369. The molecule has 0 bridgehead atoms. The number of nitrogens with zero attached hydrogens (tertiary/aromatic N) is 3. The molecule has 2 aromatic heterocycles. The van der Waals surface area contributed by atoms with Crippen molar-refractivity contribution in [3.63, 3.8) is 0 Å². The lowest BCUT2D eigenvalue weighted by atomic mass is 9.94. The monoisotopic (exact) mass is 385 g/mol. The van der Waals surface area contributed by atoms with Crippen LogP contribution in [0.1, 0.15) is 52.4 Å². The lowest BCUT2D eigenvalue weighted by Gasteiger charge is -2.33. The molecule has 0 unspecified atom stereocenters. The van der Waals surface area contributed by atoms with Crippen molar-refractivity contribution in [1.29, 1.82) is 0 Å². The molecule has 2 atom stereocenters. The lowest BCUT2D eigenvalue weighted by molar-refractivity contribution is -0.123. The normalized spacial score (nSPS) is 19.1. The van der Waals surface area contributed by atoms with Crippen LogP contribution < -0.4 is 21.7 Å². The maximum atomic E-state index is 12.6. The first kappa shape index (κ1) is 20.3. The summed E-state index contributed by atoms with van der Waals surface area (Å²) < 4.78 is 0. The Labute approximate surface area is 166 Å². The number of aromatic nitrogens is 3. The molecular weight excluding hydrogens is 354 g/mol. The molecule has 1 aliphatic heterocycles. The number of amides is 1. The van der Waals surface area contributed by atoms with E-state index in [1.165, 1.54) is 0 Å². The second-order valence-corrected chi connectivity index (χ2v) is 7.81. The Morgan fingerprint density at radius 3 is 3.00 bits per heavy atom. The molecule has 3 rings (SSSR count). The highest BCUT2D eigenvalue weighted by Gasteiger charge is 2.28. The van der Waals surface area contributed by atoms with Gasteiger partial charge in [0.1, 0.15) is 5.52 Å². The number of fused-ring (bicyclic) bond motifs is 1. The molecule has 1 amide bonds. The summed E-state index contributed by atoms with van der Waals surface area (Å²) in [6.07, 6.45) is 7.82. The third kappa shape index (κ3) is 5.07. The molecule has 2 aromatic rings. The largest absolute Gasteiger partial charge is 0.368 e. The number of nitrogens with one attached hydrogen (secondary N) is 3. The number of nitrogen functional groups attached to an aromatic ring is 1. The van der Waals surface area contributed by atoms with Gasteiger partial charge in [-0.2, -0.15) is 4.98 Å². The molecule has 5 N–H and O–H groups in total.